The third-order valence-corrected chi connectivity index (χ3v) is 9.42. The summed E-state index contributed by atoms with van der Waals surface area (Å²) in [4.78, 5) is 40.9. The van der Waals surface area contributed by atoms with E-state index in [4.69, 9.17) is 25.2 Å². The molecule has 2 N–H and O–H groups in total. The van der Waals surface area contributed by atoms with Crippen molar-refractivity contribution >= 4 is 34.1 Å². The zero-order valence-electron chi connectivity index (χ0n) is 28.6. The largest absolute Gasteiger partial charge is 0.489 e. The van der Waals surface area contributed by atoms with Gasteiger partial charge in [-0.2, -0.15) is 4.39 Å². The molecule has 1 aliphatic heterocycles. The number of rotatable bonds is 11. The van der Waals surface area contributed by atoms with E-state index in [-0.39, 0.29) is 23.9 Å². The maximum Gasteiger partial charge on any atom is 0.404 e. The molecule has 2 aliphatic rings. The first kappa shape index (κ1) is 32.6. The van der Waals surface area contributed by atoms with Crippen LogP contribution in [0.4, 0.5) is 9.18 Å². The van der Waals surface area contributed by atoms with Gasteiger partial charge in [-0.05, 0) is 55.7 Å². The molecule has 5 heterocycles. The number of benzene rings is 1. The van der Waals surface area contributed by atoms with Crippen LogP contribution in [0.25, 0.3) is 33.6 Å². The van der Waals surface area contributed by atoms with Crippen molar-refractivity contribution in [3.05, 3.63) is 60.1 Å². The van der Waals surface area contributed by atoms with Gasteiger partial charge in [0.15, 0.2) is 11.5 Å². The minimum atomic E-state index is -0.845. The predicted octanol–water partition coefficient (Wildman–Crippen LogP) is 5.87. The van der Waals surface area contributed by atoms with Gasteiger partial charge in [-0.3, -0.25) is 4.79 Å². The lowest BCUT2D eigenvalue weighted by Crippen LogP contribution is -2.45. The number of halogens is 1. The number of imidazole rings is 2. The number of carbonyl (C=O) groups excluding carboxylic acids is 2. The first-order valence-corrected chi connectivity index (χ1v) is 16.9. The molecule has 0 radical (unpaired) electrons. The lowest BCUT2D eigenvalue weighted by Gasteiger charge is -2.33. The summed E-state index contributed by atoms with van der Waals surface area (Å²) in [5.74, 6) is 1.39. The van der Waals surface area contributed by atoms with Crippen LogP contribution in [0.15, 0.2) is 42.9 Å². The Morgan fingerprint density at radius 2 is 1.98 bits per heavy atom. The zero-order valence-corrected chi connectivity index (χ0v) is 28.6. The molecule has 0 unspecified atom stereocenters. The highest BCUT2D eigenvalue weighted by Gasteiger charge is 2.32. The highest BCUT2D eigenvalue weighted by Crippen LogP contribution is 2.39. The van der Waals surface area contributed by atoms with Gasteiger partial charge in [-0.25, -0.2) is 19.7 Å². The number of nitrogens with zero attached hydrogens (tertiary/aromatic N) is 7. The number of amides is 2. The standard InChI is InChI=1S/C36H43FN8O4/c1-21(44-18-30(37)39-20-44)19-48-29-8-6-7-23-13-28(45(31(23)29)16-22-9-10-22)33-41-27-14-25-26(40-32(27)42(33)5)11-12-43(34(25)46)17-24(49-35(38)47)15-36(2,3)4/h6-8,13-14,18,20-22,24H,9-12,15-17,19H2,1-5H3,(H2,38,47)/t21-,24-/m1/s1. The topological polar surface area (TPSA) is 135 Å². The number of fused-ring (bicyclic) bond motifs is 3. The fraction of sp³-hybridized carbons (Fsp3) is 0.472. The SMILES string of the molecule is C[C@H](COc1cccc2cc(-c3nc4cc5c(nc4n3C)CCN(C[C@@H](CC(C)(C)C)OC(N)=O)C5=O)n(CC3CC3)c12)n1cnc(F)c1. The Labute approximate surface area is 284 Å². The van der Waals surface area contributed by atoms with E-state index in [0.717, 1.165) is 40.4 Å². The van der Waals surface area contributed by atoms with Crippen LogP contribution in [0.2, 0.25) is 0 Å². The minimum Gasteiger partial charge on any atom is -0.489 e. The van der Waals surface area contributed by atoms with E-state index in [1.165, 1.54) is 25.4 Å². The molecule has 5 aromatic rings. The normalized spacial score (nSPS) is 16.3. The van der Waals surface area contributed by atoms with Gasteiger partial charge in [-0.1, -0.05) is 32.9 Å². The summed E-state index contributed by atoms with van der Waals surface area (Å²) in [5, 5.41) is 1.03. The number of nitrogens with two attached hydrogens (primary N) is 1. The van der Waals surface area contributed by atoms with Gasteiger partial charge in [0.2, 0.25) is 5.95 Å². The summed E-state index contributed by atoms with van der Waals surface area (Å²) in [7, 11) is 1.96. The van der Waals surface area contributed by atoms with Crippen LogP contribution in [0.5, 0.6) is 5.75 Å². The number of hydrogen-bond acceptors (Lipinski definition) is 7. The first-order chi connectivity index (χ1) is 23.3. The van der Waals surface area contributed by atoms with Gasteiger partial charge in [-0.15, -0.1) is 0 Å². The summed E-state index contributed by atoms with van der Waals surface area (Å²) >= 11 is 0. The third kappa shape index (κ3) is 6.70. The van der Waals surface area contributed by atoms with Gasteiger partial charge >= 0.3 is 6.09 Å². The van der Waals surface area contributed by atoms with E-state index in [9.17, 15) is 14.0 Å². The van der Waals surface area contributed by atoms with E-state index in [0.29, 0.717) is 48.6 Å². The molecule has 4 aromatic heterocycles. The van der Waals surface area contributed by atoms with Crippen molar-refractivity contribution in [2.24, 2.45) is 24.1 Å². The Morgan fingerprint density at radius 1 is 1.18 bits per heavy atom. The highest BCUT2D eigenvalue weighted by molar-refractivity contribution is 5.99. The molecule has 49 heavy (non-hydrogen) atoms. The fourth-order valence-corrected chi connectivity index (χ4v) is 6.87. The van der Waals surface area contributed by atoms with E-state index in [1.54, 1.807) is 9.47 Å². The van der Waals surface area contributed by atoms with Gasteiger partial charge in [0, 0.05) is 31.9 Å². The average Bonchev–Trinajstić information content (AvgIpc) is 3.49. The molecule has 12 nitrogen and oxygen atoms in total. The quantitative estimate of drug-likeness (QED) is 0.186. The molecule has 2 amide bonds. The molecule has 1 aromatic carbocycles. The highest BCUT2D eigenvalue weighted by atomic mass is 19.1. The molecule has 258 valence electrons. The molecule has 0 bridgehead atoms. The first-order valence-electron chi connectivity index (χ1n) is 16.9. The van der Waals surface area contributed by atoms with E-state index in [1.807, 2.05) is 36.7 Å². The summed E-state index contributed by atoms with van der Waals surface area (Å²) in [5.41, 5.74) is 9.76. The van der Waals surface area contributed by atoms with Gasteiger partial charge in [0.25, 0.3) is 5.91 Å². The Morgan fingerprint density at radius 3 is 2.67 bits per heavy atom. The maximum absolute atomic E-state index is 13.8. The lowest BCUT2D eigenvalue weighted by atomic mass is 9.88. The summed E-state index contributed by atoms with van der Waals surface area (Å²) < 4.78 is 31.3. The van der Waals surface area contributed by atoms with Crippen molar-refractivity contribution in [2.75, 3.05) is 19.7 Å². The molecule has 13 heteroatoms. The monoisotopic (exact) mass is 670 g/mol. The van der Waals surface area contributed by atoms with Crippen LogP contribution in [-0.2, 0) is 24.8 Å². The van der Waals surface area contributed by atoms with Crippen LogP contribution in [-0.4, -0.2) is 71.4 Å². The maximum atomic E-state index is 13.8. The number of hydrogen-bond donors (Lipinski definition) is 1. The van der Waals surface area contributed by atoms with Crippen molar-refractivity contribution in [1.29, 1.82) is 0 Å². The molecule has 0 spiro atoms. The fourth-order valence-electron chi connectivity index (χ4n) is 6.87. The molecule has 1 fully saturated rings. The van der Waals surface area contributed by atoms with E-state index in [2.05, 4.69) is 42.5 Å². The predicted molar refractivity (Wildman–Crippen MR) is 183 cm³/mol. The van der Waals surface area contributed by atoms with Crippen LogP contribution in [0.1, 0.15) is 69.1 Å². The summed E-state index contributed by atoms with van der Waals surface area (Å²) in [6, 6.07) is 9.89. The smallest absolute Gasteiger partial charge is 0.404 e. The van der Waals surface area contributed by atoms with Crippen molar-refractivity contribution < 1.29 is 23.5 Å². The van der Waals surface area contributed by atoms with Crippen molar-refractivity contribution in [3.8, 4) is 17.3 Å². The molecule has 2 atom stereocenters. The van der Waals surface area contributed by atoms with Gasteiger partial charge in [0.05, 0.1) is 47.6 Å². The van der Waals surface area contributed by atoms with Crippen LogP contribution < -0.4 is 10.5 Å². The second kappa shape index (κ2) is 12.5. The number of pyridine rings is 1. The van der Waals surface area contributed by atoms with E-state index >= 15 is 0 Å². The van der Waals surface area contributed by atoms with Crippen LogP contribution in [0, 0.1) is 17.3 Å². The molecular weight excluding hydrogens is 627 g/mol. The molecule has 1 saturated carbocycles. The minimum absolute atomic E-state index is 0.116. The Balaban J connectivity index is 1.21. The second-order valence-electron chi connectivity index (χ2n) is 14.7. The third-order valence-electron chi connectivity index (χ3n) is 9.42. The zero-order chi connectivity index (χ0) is 34.6. The van der Waals surface area contributed by atoms with Gasteiger partial charge < -0.3 is 33.8 Å². The average molecular weight is 671 g/mol. The number of carbonyl (C=O) groups is 2. The molecule has 0 saturated heterocycles. The number of aryl methyl sites for hydroxylation is 1. The van der Waals surface area contributed by atoms with Crippen molar-refractivity contribution in [1.82, 2.24) is 33.6 Å². The number of para-hydroxylation sites is 1. The van der Waals surface area contributed by atoms with E-state index < -0.39 is 18.1 Å². The second-order valence-corrected chi connectivity index (χ2v) is 14.7. The summed E-state index contributed by atoms with van der Waals surface area (Å²) in [6.45, 7) is 10.0. The number of ether oxygens (including phenoxy) is 2. The van der Waals surface area contributed by atoms with Gasteiger partial charge in [0.1, 0.15) is 24.0 Å². The Kier molecular flexibility index (Phi) is 8.32. The molecule has 1 aliphatic carbocycles. The van der Waals surface area contributed by atoms with Crippen molar-refractivity contribution in [3.63, 3.8) is 0 Å². The molecule has 7 rings (SSSR count). The summed E-state index contributed by atoms with van der Waals surface area (Å²) in [6.07, 6.45) is 4.96. The van der Waals surface area contributed by atoms with Crippen LogP contribution >= 0.6 is 0 Å². The molecular formula is C36H43FN8O4. The van der Waals surface area contributed by atoms with Crippen LogP contribution in [0.3, 0.4) is 0 Å². The van der Waals surface area contributed by atoms with Crippen molar-refractivity contribution in [2.45, 2.75) is 72.1 Å². The number of primary amides is 1. The number of aromatic nitrogens is 6. The Hall–Kier alpha value is -4.94. The Bertz CT molecular complexity index is 2050. The lowest BCUT2D eigenvalue weighted by molar-refractivity contribution is 0.0404.